The lowest BCUT2D eigenvalue weighted by Crippen LogP contribution is -2.34. The summed E-state index contributed by atoms with van der Waals surface area (Å²) in [7, 11) is 0. The highest BCUT2D eigenvalue weighted by molar-refractivity contribution is 7.10. The highest BCUT2D eigenvalue weighted by atomic mass is 35.5. The van der Waals surface area contributed by atoms with E-state index in [1.807, 2.05) is 54.6 Å². The van der Waals surface area contributed by atoms with E-state index in [9.17, 15) is 4.79 Å². The highest BCUT2D eigenvalue weighted by Crippen LogP contribution is 2.25. The molecule has 0 bridgehead atoms. The average molecular weight is 412 g/mol. The number of thiazole rings is 1. The summed E-state index contributed by atoms with van der Waals surface area (Å²) >= 11 is 7.54. The number of carbonyl (C=O) groups is 1. The number of halogens is 1. The molecule has 5 nitrogen and oxygen atoms in total. The minimum atomic E-state index is -0.595. The monoisotopic (exact) mass is 411 g/mol. The van der Waals surface area contributed by atoms with Crippen molar-refractivity contribution in [2.45, 2.75) is 25.5 Å². The lowest BCUT2D eigenvalue weighted by atomic mass is 10.0. The first-order chi connectivity index (χ1) is 13.7. The van der Waals surface area contributed by atoms with Gasteiger partial charge in [0.15, 0.2) is 0 Å². The van der Waals surface area contributed by atoms with Crippen LogP contribution in [0.5, 0.6) is 0 Å². The number of carbonyl (C=O) groups excluding carboxylic acids is 1. The summed E-state index contributed by atoms with van der Waals surface area (Å²) in [5.41, 5.74) is 5.62. The second-order valence-corrected chi connectivity index (χ2v) is 7.85. The molecule has 142 valence electrons. The molecule has 1 unspecified atom stereocenters. The molecule has 0 radical (unpaired) electrons. The van der Waals surface area contributed by atoms with Crippen molar-refractivity contribution in [2.24, 2.45) is 5.16 Å². The molecule has 0 saturated carbocycles. The van der Waals surface area contributed by atoms with Crippen molar-refractivity contribution < 1.29 is 9.63 Å². The van der Waals surface area contributed by atoms with Crippen molar-refractivity contribution in [2.75, 3.05) is 0 Å². The number of nitrogens with zero attached hydrogens (tertiary/aromatic N) is 2. The normalized spacial score (nSPS) is 15.8. The number of benzene rings is 2. The van der Waals surface area contributed by atoms with Crippen LogP contribution < -0.4 is 5.32 Å². The van der Waals surface area contributed by atoms with Crippen LogP contribution in [0.1, 0.15) is 16.9 Å². The van der Waals surface area contributed by atoms with Gasteiger partial charge in [-0.05, 0) is 17.7 Å². The molecule has 1 aromatic heterocycles. The van der Waals surface area contributed by atoms with Crippen LogP contribution in [0.4, 0.5) is 0 Å². The Morgan fingerprint density at radius 2 is 2.07 bits per heavy atom. The molecular weight excluding hydrogens is 394 g/mol. The molecule has 0 aliphatic carbocycles. The van der Waals surface area contributed by atoms with Crippen LogP contribution in [0.25, 0.3) is 11.3 Å². The van der Waals surface area contributed by atoms with Gasteiger partial charge < -0.3 is 10.2 Å². The zero-order valence-corrected chi connectivity index (χ0v) is 16.5. The molecule has 28 heavy (non-hydrogen) atoms. The molecule has 1 aliphatic heterocycles. The third-order valence-electron chi connectivity index (χ3n) is 4.43. The third kappa shape index (κ3) is 4.40. The molecule has 7 heteroatoms. The average Bonchev–Trinajstić information content (AvgIpc) is 3.36. The van der Waals surface area contributed by atoms with E-state index in [1.54, 1.807) is 5.51 Å². The number of aromatic nitrogens is 1. The minimum Gasteiger partial charge on any atom is -0.382 e. The standard InChI is InChI=1S/C21H18ClN3O2S/c22-16-8-4-5-14(9-16)10-17-11-18(27-25-17)21(26)23-12-19-20(24-13-28-19)15-6-2-1-3-7-15/h1-9,13,18H,10-12H2,(H,23,26). The van der Waals surface area contributed by atoms with Crippen molar-refractivity contribution in [1.29, 1.82) is 0 Å². The zero-order chi connectivity index (χ0) is 19.3. The van der Waals surface area contributed by atoms with Crippen molar-refractivity contribution in [3.05, 3.63) is 75.6 Å². The van der Waals surface area contributed by atoms with E-state index in [0.717, 1.165) is 27.4 Å². The predicted octanol–water partition coefficient (Wildman–Crippen LogP) is 4.47. The van der Waals surface area contributed by atoms with Crippen molar-refractivity contribution in [3.8, 4) is 11.3 Å². The molecule has 1 amide bonds. The fourth-order valence-electron chi connectivity index (χ4n) is 3.06. The minimum absolute atomic E-state index is 0.169. The van der Waals surface area contributed by atoms with Gasteiger partial charge >= 0.3 is 0 Å². The van der Waals surface area contributed by atoms with E-state index in [-0.39, 0.29) is 5.91 Å². The molecule has 2 heterocycles. The lowest BCUT2D eigenvalue weighted by Gasteiger charge is -2.09. The molecule has 4 rings (SSSR count). The largest absolute Gasteiger partial charge is 0.382 e. The number of oxime groups is 1. The maximum atomic E-state index is 12.5. The molecule has 1 N–H and O–H groups in total. The van der Waals surface area contributed by atoms with Gasteiger partial charge in [0.1, 0.15) is 0 Å². The van der Waals surface area contributed by atoms with Crippen molar-refractivity contribution in [3.63, 3.8) is 0 Å². The van der Waals surface area contributed by atoms with Crippen LogP contribution in [0.15, 0.2) is 65.3 Å². The molecule has 0 saturated heterocycles. The van der Waals surface area contributed by atoms with Gasteiger partial charge in [-0.15, -0.1) is 11.3 Å². The molecule has 0 spiro atoms. The van der Waals surface area contributed by atoms with E-state index in [4.69, 9.17) is 16.4 Å². The van der Waals surface area contributed by atoms with E-state index in [0.29, 0.717) is 24.4 Å². The SMILES string of the molecule is O=C(NCc1scnc1-c1ccccc1)C1CC(Cc2cccc(Cl)c2)=NO1. The first-order valence-electron chi connectivity index (χ1n) is 8.90. The van der Waals surface area contributed by atoms with Crippen LogP contribution in [-0.2, 0) is 22.6 Å². The molecule has 0 fully saturated rings. The molecule has 3 aromatic rings. The summed E-state index contributed by atoms with van der Waals surface area (Å²) in [5, 5.41) is 7.70. The number of amides is 1. The maximum absolute atomic E-state index is 12.5. The first kappa shape index (κ1) is 18.7. The van der Waals surface area contributed by atoms with Gasteiger partial charge in [0.05, 0.1) is 28.3 Å². The van der Waals surface area contributed by atoms with Gasteiger partial charge in [-0.3, -0.25) is 4.79 Å². The summed E-state index contributed by atoms with van der Waals surface area (Å²) in [4.78, 5) is 23.3. The quantitative estimate of drug-likeness (QED) is 0.651. The summed E-state index contributed by atoms with van der Waals surface area (Å²) in [5.74, 6) is -0.169. The molecule has 1 aliphatic rings. The van der Waals surface area contributed by atoms with Gasteiger partial charge in [0.25, 0.3) is 5.91 Å². The Hall–Kier alpha value is -2.70. The number of rotatable bonds is 6. The molecular formula is C21H18ClN3O2S. The van der Waals surface area contributed by atoms with Crippen LogP contribution >= 0.6 is 22.9 Å². The van der Waals surface area contributed by atoms with Gasteiger partial charge in [0, 0.05) is 23.4 Å². The van der Waals surface area contributed by atoms with E-state index >= 15 is 0 Å². The van der Waals surface area contributed by atoms with Crippen molar-refractivity contribution in [1.82, 2.24) is 10.3 Å². The van der Waals surface area contributed by atoms with Crippen LogP contribution in [0.3, 0.4) is 0 Å². The first-order valence-corrected chi connectivity index (χ1v) is 10.2. The summed E-state index contributed by atoms with van der Waals surface area (Å²) in [6.07, 6.45) is 0.506. The summed E-state index contributed by atoms with van der Waals surface area (Å²) < 4.78 is 0. The van der Waals surface area contributed by atoms with Gasteiger partial charge in [-0.1, -0.05) is 59.2 Å². The smallest absolute Gasteiger partial charge is 0.264 e. The highest BCUT2D eigenvalue weighted by Gasteiger charge is 2.28. The number of hydrogen-bond donors (Lipinski definition) is 1. The second kappa shape index (κ2) is 8.54. The van der Waals surface area contributed by atoms with Gasteiger partial charge in [-0.25, -0.2) is 4.98 Å². The van der Waals surface area contributed by atoms with E-state index in [2.05, 4.69) is 15.5 Å². The van der Waals surface area contributed by atoms with E-state index < -0.39 is 6.10 Å². The van der Waals surface area contributed by atoms with E-state index in [1.165, 1.54) is 11.3 Å². The van der Waals surface area contributed by atoms with Crippen LogP contribution in [0, 0.1) is 0 Å². The predicted molar refractivity (Wildman–Crippen MR) is 111 cm³/mol. The van der Waals surface area contributed by atoms with Crippen LogP contribution in [-0.4, -0.2) is 22.7 Å². The lowest BCUT2D eigenvalue weighted by molar-refractivity contribution is -0.131. The second-order valence-electron chi connectivity index (χ2n) is 6.47. The topological polar surface area (TPSA) is 63.6 Å². The van der Waals surface area contributed by atoms with Gasteiger partial charge in [0.2, 0.25) is 6.10 Å². The van der Waals surface area contributed by atoms with Crippen molar-refractivity contribution >= 4 is 34.6 Å². The Kier molecular flexibility index (Phi) is 5.69. The van der Waals surface area contributed by atoms with Crippen LogP contribution in [0.2, 0.25) is 5.02 Å². The maximum Gasteiger partial charge on any atom is 0.264 e. The number of nitrogens with one attached hydrogen (secondary N) is 1. The fraction of sp³-hybridized carbons (Fsp3) is 0.190. The summed E-state index contributed by atoms with van der Waals surface area (Å²) in [6.45, 7) is 0.414. The Labute approximate surface area is 172 Å². The van der Waals surface area contributed by atoms with Gasteiger partial charge in [-0.2, -0.15) is 0 Å². The fourth-order valence-corrected chi connectivity index (χ4v) is 4.00. The molecule has 2 aromatic carbocycles. The Morgan fingerprint density at radius 3 is 2.89 bits per heavy atom. The zero-order valence-electron chi connectivity index (χ0n) is 15.0. The Bertz CT molecular complexity index is 1000. The third-order valence-corrected chi connectivity index (χ3v) is 5.50. The Balaban J connectivity index is 1.32. The summed E-state index contributed by atoms with van der Waals surface area (Å²) in [6, 6.07) is 17.5. The molecule has 1 atom stereocenters. The number of hydrogen-bond acceptors (Lipinski definition) is 5. The Morgan fingerprint density at radius 1 is 1.21 bits per heavy atom.